The Bertz CT molecular complexity index is 939. The van der Waals surface area contributed by atoms with Crippen molar-refractivity contribution in [3.05, 3.63) is 81.4 Å². The molecule has 2 heterocycles. The normalized spacial score (nSPS) is 14.0. The Kier molecular flexibility index (Phi) is 6.24. The Hall–Kier alpha value is -2.68. The van der Waals surface area contributed by atoms with Gasteiger partial charge in [-0.15, -0.1) is 10.2 Å². The van der Waals surface area contributed by atoms with Gasteiger partial charge in [-0.1, -0.05) is 30.3 Å². The van der Waals surface area contributed by atoms with Gasteiger partial charge >= 0.3 is 0 Å². The van der Waals surface area contributed by atoms with E-state index >= 15 is 0 Å². The van der Waals surface area contributed by atoms with Crippen LogP contribution < -0.4 is 10.2 Å². The van der Waals surface area contributed by atoms with Crippen LogP contribution in [0.4, 0.5) is 11.6 Å². The van der Waals surface area contributed by atoms with Crippen LogP contribution in [0.25, 0.3) is 0 Å². The van der Waals surface area contributed by atoms with E-state index in [9.17, 15) is 4.79 Å². The summed E-state index contributed by atoms with van der Waals surface area (Å²) >= 11 is 2.24. The molecule has 7 heteroatoms. The maximum absolute atomic E-state index is 12.7. The van der Waals surface area contributed by atoms with Gasteiger partial charge in [-0.05, 0) is 64.6 Å². The average molecular weight is 499 g/mol. The molecule has 0 bridgehead atoms. The molecule has 0 unspecified atom stereocenters. The fraction of sp³-hybridized carbons (Fsp3) is 0.227. The van der Waals surface area contributed by atoms with E-state index in [1.807, 2.05) is 59.5 Å². The second-order valence-electron chi connectivity index (χ2n) is 6.90. The third kappa shape index (κ3) is 5.03. The van der Waals surface area contributed by atoms with Crippen molar-refractivity contribution >= 4 is 40.1 Å². The van der Waals surface area contributed by atoms with Crippen LogP contribution in [0.2, 0.25) is 0 Å². The molecule has 1 N–H and O–H groups in total. The van der Waals surface area contributed by atoms with E-state index in [4.69, 9.17) is 0 Å². The Balaban J connectivity index is 1.30. The molecule has 29 heavy (non-hydrogen) atoms. The summed E-state index contributed by atoms with van der Waals surface area (Å²) in [5.41, 5.74) is 1.94. The van der Waals surface area contributed by atoms with Crippen LogP contribution in [0.1, 0.15) is 15.9 Å². The number of carbonyl (C=O) groups excluding carboxylic acids is 1. The minimum absolute atomic E-state index is 0.0904. The molecule has 4 rings (SSSR count). The quantitative estimate of drug-likeness (QED) is 0.544. The van der Waals surface area contributed by atoms with Gasteiger partial charge in [-0.2, -0.15) is 0 Å². The first-order chi connectivity index (χ1) is 14.2. The van der Waals surface area contributed by atoms with E-state index in [0.29, 0.717) is 19.6 Å². The molecule has 0 radical (unpaired) electrons. The number of benzene rings is 2. The maximum Gasteiger partial charge on any atom is 0.253 e. The molecule has 0 atom stereocenters. The topological polar surface area (TPSA) is 61.4 Å². The number of carbonyl (C=O) groups is 1. The molecule has 6 nitrogen and oxygen atoms in total. The Morgan fingerprint density at radius 2 is 1.62 bits per heavy atom. The molecule has 1 amide bonds. The molecular weight excluding hydrogens is 477 g/mol. The largest absolute Gasteiger partial charge is 0.365 e. The Morgan fingerprint density at radius 1 is 0.897 bits per heavy atom. The highest BCUT2D eigenvalue weighted by molar-refractivity contribution is 14.1. The molecule has 1 saturated heterocycles. The van der Waals surface area contributed by atoms with Gasteiger partial charge in [0.1, 0.15) is 5.82 Å². The predicted octanol–water partition coefficient (Wildman–Crippen LogP) is 3.66. The monoisotopic (exact) mass is 499 g/mol. The standard InChI is InChI=1S/C22H22IN5O/c23-19-8-6-18(7-9-19)22(29)28-14-12-27(13-15-28)21-11-10-20(25-26-21)24-16-17-4-2-1-3-5-17/h1-11H,12-16H2,(H,24,25). The van der Waals surface area contributed by atoms with Crippen molar-refractivity contribution < 1.29 is 4.79 Å². The number of nitrogens with zero attached hydrogens (tertiary/aromatic N) is 4. The van der Waals surface area contributed by atoms with Gasteiger partial charge in [-0.3, -0.25) is 4.79 Å². The average Bonchev–Trinajstić information content (AvgIpc) is 2.79. The molecule has 0 aliphatic carbocycles. The van der Waals surface area contributed by atoms with Crippen LogP contribution in [-0.4, -0.2) is 47.2 Å². The third-order valence-electron chi connectivity index (χ3n) is 4.95. The first-order valence-electron chi connectivity index (χ1n) is 9.60. The number of amides is 1. The fourth-order valence-electron chi connectivity index (χ4n) is 3.29. The summed E-state index contributed by atoms with van der Waals surface area (Å²) in [5, 5.41) is 11.9. The smallest absolute Gasteiger partial charge is 0.253 e. The lowest BCUT2D eigenvalue weighted by atomic mass is 10.2. The minimum atomic E-state index is 0.0904. The molecule has 0 spiro atoms. The molecular formula is C22H22IN5O. The van der Waals surface area contributed by atoms with E-state index in [1.54, 1.807) is 0 Å². The molecule has 2 aromatic carbocycles. The summed E-state index contributed by atoms with van der Waals surface area (Å²) in [5.74, 6) is 1.69. The second-order valence-corrected chi connectivity index (χ2v) is 8.15. The van der Waals surface area contributed by atoms with Crippen molar-refractivity contribution in [1.82, 2.24) is 15.1 Å². The Labute approximate surface area is 184 Å². The van der Waals surface area contributed by atoms with E-state index in [1.165, 1.54) is 5.56 Å². The van der Waals surface area contributed by atoms with E-state index < -0.39 is 0 Å². The molecule has 1 aliphatic rings. The minimum Gasteiger partial charge on any atom is -0.365 e. The van der Waals surface area contributed by atoms with Crippen LogP contribution in [-0.2, 0) is 6.54 Å². The number of hydrogen-bond acceptors (Lipinski definition) is 5. The van der Waals surface area contributed by atoms with Crippen molar-refractivity contribution in [2.75, 3.05) is 36.4 Å². The lowest BCUT2D eigenvalue weighted by Crippen LogP contribution is -2.49. The number of anilines is 2. The fourth-order valence-corrected chi connectivity index (χ4v) is 3.65. The van der Waals surface area contributed by atoms with Gasteiger partial charge in [0, 0.05) is 41.9 Å². The van der Waals surface area contributed by atoms with Crippen molar-refractivity contribution in [2.24, 2.45) is 0 Å². The first kappa shape index (κ1) is 19.6. The zero-order valence-corrected chi connectivity index (χ0v) is 18.1. The van der Waals surface area contributed by atoms with Crippen LogP contribution in [0.15, 0.2) is 66.7 Å². The summed E-state index contributed by atoms with van der Waals surface area (Å²) in [6, 6.07) is 21.9. The molecule has 0 saturated carbocycles. The third-order valence-corrected chi connectivity index (χ3v) is 5.67. The summed E-state index contributed by atoms with van der Waals surface area (Å²) in [7, 11) is 0. The van der Waals surface area contributed by atoms with E-state index in [-0.39, 0.29) is 5.91 Å². The predicted molar refractivity (Wildman–Crippen MR) is 123 cm³/mol. The van der Waals surface area contributed by atoms with Crippen molar-refractivity contribution in [1.29, 1.82) is 0 Å². The second kappa shape index (κ2) is 9.21. The van der Waals surface area contributed by atoms with Gasteiger partial charge in [0.25, 0.3) is 5.91 Å². The highest BCUT2D eigenvalue weighted by Crippen LogP contribution is 2.17. The zero-order valence-electron chi connectivity index (χ0n) is 16.0. The van der Waals surface area contributed by atoms with Gasteiger partial charge in [-0.25, -0.2) is 0 Å². The highest BCUT2D eigenvalue weighted by atomic mass is 127. The van der Waals surface area contributed by atoms with Crippen molar-refractivity contribution in [3.8, 4) is 0 Å². The number of piperazine rings is 1. The van der Waals surface area contributed by atoms with Crippen LogP contribution in [0, 0.1) is 3.57 Å². The van der Waals surface area contributed by atoms with Gasteiger partial charge in [0.15, 0.2) is 5.82 Å². The van der Waals surface area contributed by atoms with Crippen LogP contribution in [0.5, 0.6) is 0 Å². The molecule has 148 valence electrons. The first-order valence-corrected chi connectivity index (χ1v) is 10.7. The zero-order chi connectivity index (χ0) is 20.1. The highest BCUT2D eigenvalue weighted by Gasteiger charge is 2.23. The molecule has 1 aliphatic heterocycles. The summed E-state index contributed by atoms with van der Waals surface area (Å²) in [6.45, 7) is 3.58. The number of nitrogens with one attached hydrogen (secondary N) is 1. The van der Waals surface area contributed by atoms with Crippen molar-refractivity contribution in [3.63, 3.8) is 0 Å². The van der Waals surface area contributed by atoms with E-state index in [2.05, 4.69) is 55.1 Å². The van der Waals surface area contributed by atoms with Crippen LogP contribution >= 0.6 is 22.6 Å². The number of rotatable bonds is 5. The van der Waals surface area contributed by atoms with Crippen LogP contribution in [0.3, 0.4) is 0 Å². The molecule has 1 aromatic heterocycles. The summed E-state index contributed by atoms with van der Waals surface area (Å²) in [6.07, 6.45) is 0. The molecule has 1 fully saturated rings. The SMILES string of the molecule is O=C(c1ccc(I)cc1)N1CCN(c2ccc(NCc3ccccc3)nn2)CC1. The van der Waals surface area contributed by atoms with Gasteiger partial charge in [0.2, 0.25) is 0 Å². The van der Waals surface area contributed by atoms with Gasteiger partial charge < -0.3 is 15.1 Å². The number of aromatic nitrogens is 2. The summed E-state index contributed by atoms with van der Waals surface area (Å²) < 4.78 is 1.13. The lowest BCUT2D eigenvalue weighted by Gasteiger charge is -2.35. The summed E-state index contributed by atoms with van der Waals surface area (Å²) in [4.78, 5) is 16.7. The van der Waals surface area contributed by atoms with Crippen molar-refractivity contribution in [2.45, 2.75) is 6.54 Å². The lowest BCUT2D eigenvalue weighted by molar-refractivity contribution is 0.0746. The number of hydrogen-bond donors (Lipinski definition) is 1. The Morgan fingerprint density at radius 3 is 2.28 bits per heavy atom. The number of halogens is 1. The molecule has 3 aromatic rings. The maximum atomic E-state index is 12.7. The van der Waals surface area contributed by atoms with E-state index in [0.717, 1.165) is 33.9 Å². The van der Waals surface area contributed by atoms with Gasteiger partial charge in [0.05, 0.1) is 0 Å².